The Morgan fingerprint density at radius 2 is 1.79 bits per heavy atom. The minimum atomic E-state index is 0.438. The lowest BCUT2D eigenvalue weighted by molar-refractivity contribution is 0.0661. The lowest BCUT2D eigenvalue weighted by Crippen LogP contribution is -2.43. The molecule has 3 aliphatic rings. The number of benzene rings is 1. The van der Waals surface area contributed by atoms with Gasteiger partial charge < -0.3 is 9.64 Å². The van der Waals surface area contributed by atoms with Gasteiger partial charge in [0.1, 0.15) is 11.9 Å². The van der Waals surface area contributed by atoms with Gasteiger partial charge in [-0.1, -0.05) is 6.07 Å². The maximum Gasteiger partial charge on any atom is 0.120 e. The van der Waals surface area contributed by atoms with Crippen molar-refractivity contribution >= 4 is 0 Å². The van der Waals surface area contributed by atoms with Gasteiger partial charge in [0.2, 0.25) is 0 Å². The Kier molecular flexibility index (Phi) is 2.80. The van der Waals surface area contributed by atoms with Gasteiger partial charge in [0, 0.05) is 12.1 Å². The maximum absolute atomic E-state index is 6.28. The molecule has 0 amide bonds. The number of hydrogen-bond acceptors (Lipinski definition) is 2. The third-order valence-electron chi connectivity index (χ3n) is 5.43. The van der Waals surface area contributed by atoms with Crippen LogP contribution in [0.3, 0.4) is 0 Å². The first-order valence-electron chi connectivity index (χ1n) is 7.80. The van der Waals surface area contributed by atoms with Crippen LogP contribution in [0.25, 0.3) is 0 Å². The van der Waals surface area contributed by atoms with E-state index in [0.29, 0.717) is 6.10 Å². The maximum atomic E-state index is 6.28. The average molecular weight is 257 g/mol. The van der Waals surface area contributed by atoms with Crippen LogP contribution in [0.5, 0.6) is 5.75 Å². The number of hydrogen-bond donors (Lipinski definition) is 0. The molecule has 4 rings (SSSR count). The highest BCUT2D eigenvalue weighted by Crippen LogP contribution is 2.36. The summed E-state index contributed by atoms with van der Waals surface area (Å²) >= 11 is 0. The SMILES string of the molecule is CN1C2CCC1CC(Oc1ccc3c(c1)CCC3)C2. The monoisotopic (exact) mass is 257 g/mol. The van der Waals surface area contributed by atoms with Gasteiger partial charge in [-0.3, -0.25) is 0 Å². The lowest BCUT2D eigenvalue weighted by atomic mass is 10.0. The molecule has 2 bridgehead atoms. The van der Waals surface area contributed by atoms with Crippen LogP contribution in [-0.2, 0) is 12.8 Å². The molecule has 1 aliphatic carbocycles. The highest BCUT2D eigenvalue weighted by molar-refractivity contribution is 5.38. The predicted molar refractivity (Wildman–Crippen MR) is 76.7 cm³/mol. The van der Waals surface area contributed by atoms with Crippen molar-refractivity contribution in [3.05, 3.63) is 29.3 Å². The molecule has 2 unspecified atom stereocenters. The molecule has 1 aromatic carbocycles. The first-order chi connectivity index (χ1) is 9.29. The number of nitrogens with zero attached hydrogens (tertiary/aromatic N) is 1. The van der Waals surface area contributed by atoms with Crippen LogP contribution in [0.15, 0.2) is 18.2 Å². The first-order valence-corrected chi connectivity index (χ1v) is 7.80. The van der Waals surface area contributed by atoms with Crippen molar-refractivity contribution in [3.63, 3.8) is 0 Å². The van der Waals surface area contributed by atoms with Crippen molar-refractivity contribution in [2.75, 3.05) is 7.05 Å². The molecule has 0 radical (unpaired) electrons. The number of fused-ring (bicyclic) bond motifs is 3. The Morgan fingerprint density at radius 3 is 2.58 bits per heavy atom. The smallest absolute Gasteiger partial charge is 0.120 e. The molecule has 0 aromatic heterocycles. The van der Waals surface area contributed by atoms with Gasteiger partial charge in [-0.05, 0) is 75.3 Å². The van der Waals surface area contributed by atoms with E-state index in [1.54, 1.807) is 0 Å². The normalized spacial score (nSPS) is 33.4. The molecule has 102 valence electrons. The number of rotatable bonds is 2. The fraction of sp³-hybridized carbons (Fsp3) is 0.647. The van der Waals surface area contributed by atoms with Gasteiger partial charge in [-0.25, -0.2) is 0 Å². The molecule has 0 spiro atoms. The van der Waals surface area contributed by atoms with Gasteiger partial charge in [-0.15, -0.1) is 0 Å². The summed E-state index contributed by atoms with van der Waals surface area (Å²) in [6.07, 6.45) is 9.41. The molecule has 2 heterocycles. The van der Waals surface area contributed by atoms with E-state index in [1.165, 1.54) is 56.1 Å². The minimum absolute atomic E-state index is 0.438. The van der Waals surface area contributed by atoms with E-state index in [9.17, 15) is 0 Å². The van der Waals surface area contributed by atoms with Crippen LogP contribution in [0.1, 0.15) is 43.2 Å². The standard InChI is InChI=1S/C17H23NO/c1-18-14-6-7-15(18)11-17(10-14)19-16-8-5-12-3-2-4-13(12)9-16/h5,8-9,14-15,17H,2-4,6-7,10-11H2,1H3. The van der Waals surface area contributed by atoms with Crippen LogP contribution >= 0.6 is 0 Å². The Labute approximate surface area is 115 Å². The largest absolute Gasteiger partial charge is 0.490 e. The molecule has 2 atom stereocenters. The van der Waals surface area contributed by atoms with Gasteiger partial charge in [0.25, 0.3) is 0 Å². The zero-order chi connectivity index (χ0) is 12.8. The van der Waals surface area contributed by atoms with Crippen LogP contribution in [0, 0.1) is 0 Å². The van der Waals surface area contributed by atoms with Crippen molar-refractivity contribution in [3.8, 4) is 5.75 Å². The fourth-order valence-corrected chi connectivity index (χ4v) is 4.27. The fourth-order valence-electron chi connectivity index (χ4n) is 4.27. The van der Waals surface area contributed by atoms with E-state index < -0.39 is 0 Å². The third kappa shape index (κ3) is 2.06. The van der Waals surface area contributed by atoms with Crippen LogP contribution < -0.4 is 4.74 Å². The first kappa shape index (κ1) is 11.8. The Hall–Kier alpha value is -1.02. The summed E-state index contributed by atoms with van der Waals surface area (Å²) in [5.41, 5.74) is 3.06. The van der Waals surface area contributed by atoms with Crippen molar-refractivity contribution in [1.82, 2.24) is 4.90 Å². The summed E-state index contributed by atoms with van der Waals surface area (Å²) in [5.74, 6) is 1.11. The Balaban J connectivity index is 1.47. The highest BCUT2D eigenvalue weighted by Gasteiger charge is 2.39. The summed E-state index contributed by atoms with van der Waals surface area (Å²) in [6, 6.07) is 8.28. The van der Waals surface area contributed by atoms with E-state index in [1.807, 2.05) is 0 Å². The summed E-state index contributed by atoms with van der Waals surface area (Å²) in [5, 5.41) is 0. The zero-order valence-corrected chi connectivity index (χ0v) is 11.8. The van der Waals surface area contributed by atoms with E-state index in [-0.39, 0.29) is 0 Å². The Bertz CT molecular complexity index is 470. The molecule has 0 N–H and O–H groups in total. The van der Waals surface area contributed by atoms with Crippen molar-refractivity contribution < 1.29 is 4.74 Å². The predicted octanol–water partition coefficient (Wildman–Crippen LogP) is 3.18. The van der Waals surface area contributed by atoms with Crippen molar-refractivity contribution in [2.24, 2.45) is 0 Å². The quantitative estimate of drug-likeness (QED) is 0.807. The molecule has 1 aromatic rings. The summed E-state index contributed by atoms with van der Waals surface area (Å²) < 4.78 is 6.28. The Morgan fingerprint density at radius 1 is 1.05 bits per heavy atom. The highest BCUT2D eigenvalue weighted by atomic mass is 16.5. The van der Waals surface area contributed by atoms with E-state index in [4.69, 9.17) is 4.74 Å². The van der Waals surface area contributed by atoms with E-state index in [2.05, 4.69) is 30.1 Å². The summed E-state index contributed by atoms with van der Waals surface area (Å²) in [6.45, 7) is 0. The molecular weight excluding hydrogens is 234 g/mol. The van der Waals surface area contributed by atoms with Gasteiger partial charge in [-0.2, -0.15) is 0 Å². The van der Waals surface area contributed by atoms with Gasteiger partial charge in [0.05, 0.1) is 0 Å². The molecule has 0 saturated carbocycles. The van der Waals surface area contributed by atoms with Crippen LogP contribution in [0.2, 0.25) is 0 Å². The molecule has 2 heteroatoms. The summed E-state index contributed by atoms with van der Waals surface area (Å²) in [4.78, 5) is 2.57. The summed E-state index contributed by atoms with van der Waals surface area (Å²) in [7, 11) is 2.29. The average Bonchev–Trinajstić information content (AvgIpc) is 2.92. The van der Waals surface area contributed by atoms with Crippen molar-refractivity contribution in [1.29, 1.82) is 0 Å². The third-order valence-corrected chi connectivity index (χ3v) is 5.43. The van der Waals surface area contributed by atoms with Gasteiger partial charge >= 0.3 is 0 Å². The molecule has 2 fully saturated rings. The van der Waals surface area contributed by atoms with E-state index in [0.717, 1.165) is 17.8 Å². The zero-order valence-electron chi connectivity index (χ0n) is 11.8. The van der Waals surface area contributed by atoms with E-state index >= 15 is 0 Å². The number of ether oxygens (including phenoxy) is 1. The molecule has 2 aliphatic heterocycles. The number of piperidine rings is 1. The second-order valence-electron chi connectivity index (χ2n) is 6.55. The second kappa shape index (κ2) is 4.52. The molecular formula is C17H23NO. The van der Waals surface area contributed by atoms with Gasteiger partial charge in [0.15, 0.2) is 0 Å². The molecule has 19 heavy (non-hydrogen) atoms. The van der Waals surface area contributed by atoms with Crippen molar-refractivity contribution in [2.45, 2.75) is 63.1 Å². The minimum Gasteiger partial charge on any atom is -0.490 e. The molecule has 2 saturated heterocycles. The van der Waals surface area contributed by atoms with Crippen LogP contribution in [-0.4, -0.2) is 30.1 Å². The number of aryl methyl sites for hydroxylation is 2. The molecule has 2 nitrogen and oxygen atoms in total. The van der Waals surface area contributed by atoms with Crippen LogP contribution in [0.4, 0.5) is 0 Å². The topological polar surface area (TPSA) is 12.5 Å². The second-order valence-corrected chi connectivity index (χ2v) is 6.55. The lowest BCUT2D eigenvalue weighted by Gasteiger charge is -2.36.